The highest BCUT2D eigenvalue weighted by atomic mass is 35.5. The first-order chi connectivity index (χ1) is 18.7. The van der Waals surface area contributed by atoms with Crippen LogP contribution in [0.3, 0.4) is 0 Å². The summed E-state index contributed by atoms with van der Waals surface area (Å²) in [7, 11) is 0. The predicted octanol–water partition coefficient (Wildman–Crippen LogP) is 8.30. The van der Waals surface area contributed by atoms with Crippen LogP contribution in [0.5, 0.6) is 11.5 Å². The molecule has 8 heteroatoms. The van der Waals surface area contributed by atoms with Crippen molar-refractivity contribution in [3.63, 3.8) is 0 Å². The molecule has 6 rings (SSSR count). The lowest BCUT2D eigenvalue weighted by molar-refractivity contribution is 0.481. The first-order valence-corrected chi connectivity index (χ1v) is 11.9. The van der Waals surface area contributed by atoms with E-state index in [1.165, 1.54) is 0 Å². The molecule has 39 heavy (non-hydrogen) atoms. The Kier molecular flexibility index (Phi) is 11.1. The van der Waals surface area contributed by atoms with Crippen molar-refractivity contribution in [2.45, 2.75) is 0 Å². The van der Waals surface area contributed by atoms with Crippen LogP contribution in [0.15, 0.2) is 138 Å². The van der Waals surface area contributed by atoms with E-state index >= 15 is 0 Å². The fraction of sp³-hybridized carbons (Fsp3) is 0. The van der Waals surface area contributed by atoms with Gasteiger partial charge >= 0.3 is 0 Å². The summed E-state index contributed by atoms with van der Waals surface area (Å²) in [5.74, 6) is 2.48. The van der Waals surface area contributed by atoms with Gasteiger partial charge in [0.05, 0.1) is 18.2 Å². The molecule has 2 aliphatic heterocycles. The number of nitrogens with two attached hydrogens (primary N) is 2. The Morgan fingerprint density at radius 2 is 1.10 bits per heavy atom. The highest BCUT2D eigenvalue weighted by molar-refractivity contribution is 5.85. The number of ether oxygens (including phenoxy) is 2. The van der Waals surface area contributed by atoms with E-state index in [0.717, 1.165) is 28.3 Å². The average Bonchev–Trinajstić information content (AvgIpc) is 3.35. The molecule has 0 aliphatic carbocycles. The predicted molar refractivity (Wildman–Crippen MR) is 161 cm³/mol. The summed E-state index contributed by atoms with van der Waals surface area (Å²) in [5, 5.41) is 8.03. The van der Waals surface area contributed by atoms with Crippen molar-refractivity contribution in [1.29, 1.82) is 0 Å². The van der Waals surface area contributed by atoms with Crippen LogP contribution in [-0.2, 0) is 0 Å². The lowest BCUT2D eigenvalue weighted by Crippen LogP contribution is -1.95. The summed E-state index contributed by atoms with van der Waals surface area (Å²) >= 11 is 0. The van der Waals surface area contributed by atoms with Gasteiger partial charge in [0.2, 0.25) is 0 Å². The van der Waals surface area contributed by atoms with E-state index in [4.69, 9.17) is 20.9 Å². The average molecular weight is 538 g/mol. The number of aromatic nitrogens is 1. The summed E-state index contributed by atoms with van der Waals surface area (Å²) in [6, 6.07) is 28.6. The maximum atomic E-state index is 5.64. The molecule has 0 unspecified atom stereocenters. The minimum atomic E-state index is 0. The molecule has 3 heterocycles. The summed E-state index contributed by atoms with van der Waals surface area (Å²) in [4.78, 5) is 3.89. The van der Waals surface area contributed by atoms with Crippen molar-refractivity contribution in [3.8, 4) is 11.5 Å². The molecule has 0 fully saturated rings. The Morgan fingerprint density at radius 1 is 0.564 bits per heavy atom. The van der Waals surface area contributed by atoms with Crippen molar-refractivity contribution in [3.05, 3.63) is 139 Å². The van der Waals surface area contributed by atoms with E-state index in [1.54, 1.807) is 24.7 Å². The van der Waals surface area contributed by atoms with Gasteiger partial charge in [-0.05, 0) is 48.6 Å². The molecule has 196 valence electrons. The SMILES string of the molecule is C1=COc2ccccc2C=C1.C1=COc2ccccc2C=C1.Cl.Nc1ccc(N=Nc2ccccc2)c(N)n1. The van der Waals surface area contributed by atoms with Crippen LogP contribution < -0.4 is 20.9 Å². The maximum Gasteiger partial charge on any atom is 0.153 e. The molecule has 0 saturated carbocycles. The molecule has 4 N–H and O–H groups in total. The lowest BCUT2D eigenvalue weighted by Gasteiger charge is -2.00. The van der Waals surface area contributed by atoms with Gasteiger partial charge in [-0.15, -0.1) is 17.5 Å². The molecule has 7 nitrogen and oxygen atoms in total. The highest BCUT2D eigenvalue weighted by Crippen LogP contribution is 2.24. The number of rotatable bonds is 2. The molecular weight excluding hydrogens is 510 g/mol. The molecular formula is C31H28ClN5O2. The van der Waals surface area contributed by atoms with Crippen LogP contribution in [0.25, 0.3) is 12.2 Å². The zero-order valence-electron chi connectivity index (χ0n) is 21.0. The van der Waals surface area contributed by atoms with Gasteiger partial charge in [-0.3, -0.25) is 0 Å². The molecule has 4 aromatic rings. The number of nitrogen functional groups attached to an aromatic ring is 2. The Labute approximate surface area is 233 Å². The smallest absolute Gasteiger partial charge is 0.153 e. The molecule has 0 atom stereocenters. The number of allylic oxidation sites excluding steroid dienone is 4. The Balaban J connectivity index is 0.000000164. The lowest BCUT2D eigenvalue weighted by atomic mass is 10.2. The molecule has 2 aliphatic rings. The van der Waals surface area contributed by atoms with E-state index in [9.17, 15) is 0 Å². The summed E-state index contributed by atoms with van der Waals surface area (Å²) < 4.78 is 10.6. The second-order valence-corrected chi connectivity index (χ2v) is 7.86. The van der Waals surface area contributed by atoms with Crippen molar-refractivity contribution in [1.82, 2.24) is 4.98 Å². The van der Waals surface area contributed by atoms with Gasteiger partial charge in [-0.1, -0.05) is 78.9 Å². The van der Waals surface area contributed by atoms with Crippen molar-refractivity contribution in [2.75, 3.05) is 11.5 Å². The molecule has 0 bridgehead atoms. The molecule has 0 amide bonds. The number of hydrogen-bond donors (Lipinski definition) is 2. The van der Waals surface area contributed by atoms with Gasteiger partial charge in [-0.2, -0.15) is 5.11 Å². The summed E-state index contributed by atoms with van der Waals surface area (Å²) in [6.45, 7) is 0. The first kappa shape index (κ1) is 28.4. The van der Waals surface area contributed by atoms with Crippen LogP contribution in [0.4, 0.5) is 23.0 Å². The second-order valence-electron chi connectivity index (χ2n) is 7.86. The fourth-order valence-electron chi connectivity index (χ4n) is 3.26. The zero-order valence-corrected chi connectivity index (χ0v) is 21.8. The monoisotopic (exact) mass is 537 g/mol. The van der Waals surface area contributed by atoms with E-state index in [1.807, 2.05) is 115 Å². The van der Waals surface area contributed by atoms with Crippen LogP contribution in [0.2, 0.25) is 0 Å². The third-order valence-corrected chi connectivity index (χ3v) is 5.11. The minimum Gasteiger partial charge on any atom is -0.464 e. The number of anilines is 2. The quantitative estimate of drug-likeness (QED) is 0.250. The summed E-state index contributed by atoms with van der Waals surface area (Å²) in [5.41, 5.74) is 14.6. The number of para-hydroxylation sites is 2. The van der Waals surface area contributed by atoms with Gasteiger partial charge in [0.15, 0.2) is 5.82 Å². The van der Waals surface area contributed by atoms with E-state index in [-0.39, 0.29) is 18.2 Å². The number of pyridine rings is 1. The number of halogens is 1. The van der Waals surface area contributed by atoms with Crippen molar-refractivity contribution in [2.24, 2.45) is 10.2 Å². The van der Waals surface area contributed by atoms with Crippen LogP contribution in [-0.4, -0.2) is 4.98 Å². The summed E-state index contributed by atoms with van der Waals surface area (Å²) in [6.07, 6.45) is 15.1. The number of fused-ring (bicyclic) bond motifs is 2. The van der Waals surface area contributed by atoms with Gasteiger partial charge in [0.25, 0.3) is 0 Å². The molecule has 0 spiro atoms. The van der Waals surface area contributed by atoms with Crippen LogP contribution in [0.1, 0.15) is 11.1 Å². The van der Waals surface area contributed by atoms with E-state index in [2.05, 4.69) is 15.2 Å². The minimum absolute atomic E-state index is 0. The molecule has 0 saturated heterocycles. The molecule has 3 aromatic carbocycles. The molecule has 0 radical (unpaired) electrons. The van der Waals surface area contributed by atoms with Gasteiger partial charge < -0.3 is 20.9 Å². The second kappa shape index (κ2) is 15.2. The first-order valence-electron chi connectivity index (χ1n) is 11.9. The zero-order chi connectivity index (χ0) is 26.4. The normalized spacial score (nSPS) is 12.0. The maximum absolute atomic E-state index is 5.64. The third-order valence-electron chi connectivity index (χ3n) is 5.11. The molecule has 1 aromatic heterocycles. The van der Waals surface area contributed by atoms with Crippen molar-refractivity contribution < 1.29 is 9.47 Å². The van der Waals surface area contributed by atoms with Gasteiger partial charge in [0.1, 0.15) is 23.0 Å². The number of nitrogens with zero attached hydrogens (tertiary/aromatic N) is 3. The largest absolute Gasteiger partial charge is 0.464 e. The van der Waals surface area contributed by atoms with Crippen LogP contribution in [0, 0.1) is 0 Å². The Morgan fingerprint density at radius 3 is 1.67 bits per heavy atom. The van der Waals surface area contributed by atoms with Gasteiger partial charge in [0, 0.05) is 11.1 Å². The van der Waals surface area contributed by atoms with Gasteiger partial charge in [-0.25, -0.2) is 4.98 Å². The van der Waals surface area contributed by atoms with E-state index in [0.29, 0.717) is 11.5 Å². The Hall–Kier alpha value is -5.14. The standard InChI is InChI=1S/C11H11N5.2C10H8O.ClH/c12-10-7-6-9(11(13)14-10)16-15-8-4-2-1-3-5-8;2*1-2-7-10-9(5-1)6-3-4-8-11-10;/h1-7H,(H4,12,13,14);2*1-8H;1H. The number of azo groups is 1. The van der Waals surface area contributed by atoms with Crippen LogP contribution >= 0.6 is 12.4 Å². The number of hydrogen-bond acceptors (Lipinski definition) is 7. The van der Waals surface area contributed by atoms with E-state index < -0.39 is 0 Å². The highest BCUT2D eigenvalue weighted by Gasteiger charge is 2.00. The fourth-order valence-corrected chi connectivity index (χ4v) is 3.26. The topological polar surface area (TPSA) is 108 Å². The Bertz CT molecular complexity index is 1430. The van der Waals surface area contributed by atoms with Crippen molar-refractivity contribution >= 4 is 47.6 Å². The third kappa shape index (κ3) is 9.03. The number of benzene rings is 3.